The Labute approximate surface area is 215 Å². The highest BCUT2D eigenvalue weighted by Crippen LogP contribution is 2.29. The van der Waals surface area contributed by atoms with Crippen molar-refractivity contribution in [2.75, 3.05) is 31.2 Å². The molecule has 37 heavy (non-hydrogen) atoms. The number of nitriles is 1. The van der Waals surface area contributed by atoms with Gasteiger partial charge in [-0.05, 0) is 63.4 Å². The third kappa shape index (κ3) is 9.33. The molecule has 0 aliphatic rings. The van der Waals surface area contributed by atoms with Crippen LogP contribution in [0.4, 0.5) is 22.7 Å². The van der Waals surface area contributed by atoms with Crippen LogP contribution in [0.15, 0.2) is 46.6 Å². The van der Waals surface area contributed by atoms with E-state index in [1.165, 1.54) is 12.1 Å². The lowest BCUT2D eigenvalue weighted by molar-refractivity contribution is -0.384. The predicted octanol–water partition coefficient (Wildman–Crippen LogP) is 5.68. The van der Waals surface area contributed by atoms with Crippen LogP contribution < -0.4 is 4.90 Å². The molecular formula is C26H31N5O6. The second kappa shape index (κ2) is 14.9. The zero-order valence-electron chi connectivity index (χ0n) is 21.3. The molecule has 0 heterocycles. The fourth-order valence-electron chi connectivity index (χ4n) is 3.54. The third-order valence-corrected chi connectivity index (χ3v) is 5.35. The first-order valence-corrected chi connectivity index (χ1v) is 12.1. The van der Waals surface area contributed by atoms with Crippen LogP contribution in [0.2, 0.25) is 0 Å². The molecule has 0 radical (unpaired) electrons. The van der Waals surface area contributed by atoms with E-state index in [9.17, 15) is 25.0 Å². The van der Waals surface area contributed by atoms with Gasteiger partial charge in [0.15, 0.2) is 0 Å². The summed E-state index contributed by atoms with van der Waals surface area (Å²) in [5.41, 5.74) is 2.39. The van der Waals surface area contributed by atoms with Crippen molar-refractivity contribution in [2.24, 2.45) is 10.2 Å². The van der Waals surface area contributed by atoms with Gasteiger partial charge < -0.3 is 14.4 Å². The minimum absolute atomic E-state index is 0.0570. The van der Waals surface area contributed by atoms with E-state index in [2.05, 4.69) is 15.1 Å². The number of nitro benzene ring substituents is 1. The molecule has 0 bridgehead atoms. The minimum atomic E-state index is -0.574. The second-order valence-electron chi connectivity index (χ2n) is 8.05. The summed E-state index contributed by atoms with van der Waals surface area (Å²) >= 11 is 0. The van der Waals surface area contributed by atoms with Crippen LogP contribution in [-0.2, 0) is 19.1 Å². The molecule has 0 saturated carbocycles. The van der Waals surface area contributed by atoms with E-state index in [-0.39, 0.29) is 28.9 Å². The van der Waals surface area contributed by atoms with Crippen molar-refractivity contribution in [2.45, 2.75) is 46.5 Å². The quantitative estimate of drug-likeness (QED) is 0.137. The van der Waals surface area contributed by atoms with E-state index < -0.39 is 4.92 Å². The zero-order valence-corrected chi connectivity index (χ0v) is 21.3. The van der Waals surface area contributed by atoms with Crippen LogP contribution in [0.3, 0.4) is 0 Å². The number of carbonyl (C=O) groups excluding carboxylic acids is 2. The van der Waals surface area contributed by atoms with Crippen LogP contribution in [0.5, 0.6) is 0 Å². The number of anilines is 1. The molecule has 11 heteroatoms. The van der Waals surface area contributed by atoms with Gasteiger partial charge in [-0.1, -0.05) is 0 Å². The number of aryl methyl sites for hydroxylation is 1. The minimum Gasteiger partial charge on any atom is -0.466 e. The monoisotopic (exact) mass is 509 g/mol. The summed E-state index contributed by atoms with van der Waals surface area (Å²) in [6.07, 6.45) is 1.78. The van der Waals surface area contributed by atoms with Gasteiger partial charge in [-0.2, -0.15) is 10.4 Å². The summed E-state index contributed by atoms with van der Waals surface area (Å²) in [5, 5.41) is 28.6. The first-order chi connectivity index (χ1) is 17.8. The Morgan fingerprint density at radius 2 is 1.54 bits per heavy atom. The molecule has 0 fully saturated rings. The van der Waals surface area contributed by atoms with Crippen molar-refractivity contribution < 1.29 is 24.0 Å². The fourth-order valence-corrected chi connectivity index (χ4v) is 3.54. The van der Waals surface area contributed by atoms with Gasteiger partial charge in [0.25, 0.3) is 5.69 Å². The highest BCUT2D eigenvalue weighted by atomic mass is 16.6. The number of ether oxygens (including phenoxy) is 2. The highest BCUT2D eigenvalue weighted by Gasteiger charge is 2.13. The van der Waals surface area contributed by atoms with E-state index in [0.29, 0.717) is 57.7 Å². The molecule has 0 atom stereocenters. The molecule has 2 aromatic rings. The van der Waals surface area contributed by atoms with Gasteiger partial charge >= 0.3 is 11.9 Å². The van der Waals surface area contributed by atoms with Gasteiger partial charge in [-0.15, -0.1) is 5.11 Å². The molecule has 11 nitrogen and oxygen atoms in total. The lowest BCUT2D eigenvalue weighted by Gasteiger charge is -2.25. The van der Waals surface area contributed by atoms with E-state index >= 15 is 0 Å². The van der Waals surface area contributed by atoms with Gasteiger partial charge in [0.2, 0.25) is 0 Å². The molecule has 0 saturated heterocycles. The highest BCUT2D eigenvalue weighted by molar-refractivity contribution is 5.70. The molecular weight excluding hydrogens is 478 g/mol. The van der Waals surface area contributed by atoms with E-state index in [1.807, 2.05) is 25.1 Å². The fraction of sp³-hybridized carbons (Fsp3) is 0.423. The summed E-state index contributed by atoms with van der Waals surface area (Å²) in [6, 6.07) is 11.3. The summed E-state index contributed by atoms with van der Waals surface area (Å²) < 4.78 is 10.0. The molecule has 0 aromatic heterocycles. The maximum atomic E-state index is 11.7. The normalized spacial score (nSPS) is 10.6. The Morgan fingerprint density at radius 1 is 0.973 bits per heavy atom. The summed E-state index contributed by atoms with van der Waals surface area (Å²) in [7, 11) is 0. The first kappa shape index (κ1) is 28.9. The predicted molar refractivity (Wildman–Crippen MR) is 137 cm³/mol. The van der Waals surface area contributed by atoms with Gasteiger partial charge in [-0.3, -0.25) is 19.7 Å². The third-order valence-electron chi connectivity index (χ3n) is 5.35. The van der Waals surface area contributed by atoms with Crippen molar-refractivity contribution in [1.82, 2.24) is 0 Å². The van der Waals surface area contributed by atoms with Crippen LogP contribution in [0, 0.1) is 28.4 Å². The molecule has 196 valence electrons. The lowest BCUT2D eigenvalue weighted by atomic mass is 10.1. The summed E-state index contributed by atoms with van der Waals surface area (Å²) in [6.45, 7) is 7.27. The molecule has 0 spiro atoms. The number of carbonyl (C=O) groups is 2. The van der Waals surface area contributed by atoms with Crippen LogP contribution in [-0.4, -0.2) is 43.2 Å². The first-order valence-electron chi connectivity index (χ1n) is 12.1. The molecule has 2 rings (SSSR count). The average Bonchev–Trinajstić information content (AvgIpc) is 2.87. The SMILES string of the molecule is CCOC(=O)CCCN(CCCC(=O)OCC)c1ccc(/N=N/c2ccc([N+](=O)[O-])cc2C#N)c(C)c1. The van der Waals surface area contributed by atoms with Crippen molar-refractivity contribution in [3.05, 3.63) is 57.6 Å². The molecule has 0 N–H and O–H groups in total. The smallest absolute Gasteiger partial charge is 0.305 e. The van der Waals surface area contributed by atoms with Crippen LogP contribution in [0.1, 0.15) is 50.7 Å². The largest absolute Gasteiger partial charge is 0.466 e. The maximum absolute atomic E-state index is 11.7. The number of benzene rings is 2. The Morgan fingerprint density at radius 3 is 2.05 bits per heavy atom. The van der Waals surface area contributed by atoms with E-state index in [1.54, 1.807) is 19.9 Å². The van der Waals surface area contributed by atoms with E-state index in [0.717, 1.165) is 17.3 Å². The zero-order chi connectivity index (χ0) is 27.2. The number of esters is 2. The molecule has 0 aliphatic heterocycles. The Bertz CT molecular complexity index is 1150. The van der Waals surface area contributed by atoms with Crippen LogP contribution >= 0.6 is 0 Å². The number of azo groups is 1. The van der Waals surface area contributed by atoms with Gasteiger partial charge in [0, 0.05) is 43.8 Å². The average molecular weight is 510 g/mol. The topological polar surface area (TPSA) is 147 Å². The van der Waals surface area contributed by atoms with Crippen molar-refractivity contribution in [3.63, 3.8) is 0 Å². The van der Waals surface area contributed by atoms with Crippen molar-refractivity contribution in [3.8, 4) is 6.07 Å². The summed E-state index contributed by atoms with van der Waals surface area (Å²) in [4.78, 5) is 35.9. The second-order valence-corrected chi connectivity index (χ2v) is 8.05. The number of rotatable bonds is 14. The molecule has 0 aliphatic carbocycles. The van der Waals surface area contributed by atoms with Gasteiger partial charge in [0.1, 0.15) is 11.8 Å². The van der Waals surface area contributed by atoms with Crippen LogP contribution in [0.25, 0.3) is 0 Å². The van der Waals surface area contributed by atoms with Gasteiger partial charge in [0.05, 0.1) is 29.4 Å². The number of non-ortho nitro benzene ring substituents is 1. The number of hydrogen-bond acceptors (Lipinski definition) is 10. The van der Waals surface area contributed by atoms with Crippen molar-refractivity contribution >= 4 is 34.7 Å². The Kier molecular flexibility index (Phi) is 11.7. The maximum Gasteiger partial charge on any atom is 0.305 e. The summed E-state index contributed by atoms with van der Waals surface area (Å²) in [5.74, 6) is -0.493. The molecule has 0 amide bonds. The standard InChI is InChI=1S/C26H31N5O6/c1-4-36-25(32)8-6-14-30(15-7-9-26(33)37-5-2)21-10-12-23(19(3)16-21)28-29-24-13-11-22(31(34)35)17-20(24)18-27/h10-13,16-17H,4-9,14-15H2,1-3H3/b29-28+. The number of hydrogen-bond donors (Lipinski definition) is 0. The lowest BCUT2D eigenvalue weighted by Crippen LogP contribution is -2.27. The molecule has 2 aromatic carbocycles. The van der Waals surface area contributed by atoms with E-state index in [4.69, 9.17) is 9.47 Å². The Balaban J connectivity index is 2.17. The van der Waals surface area contributed by atoms with Gasteiger partial charge in [-0.25, -0.2) is 0 Å². The van der Waals surface area contributed by atoms with Crippen molar-refractivity contribution in [1.29, 1.82) is 5.26 Å². The number of nitro groups is 1. The molecule has 0 unspecified atom stereocenters. The number of nitrogens with zero attached hydrogens (tertiary/aromatic N) is 5. The Hall–Kier alpha value is -4.33.